The summed E-state index contributed by atoms with van der Waals surface area (Å²) in [6, 6.07) is 28.4. The minimum Gasteiger partial charge on any atom is -0.456 e. The number of anilines is 2. The maximum absolute atomic E-state index is 12.6. The van der Waals surface area contributed by atoms with E-state index in [0.717, 1.165) is 17.8 Å². The number of benzene rings is 5. The third-order valence-corrected chi connectivity index (χ3v) is 11.7. The summed E-state index contributed by atoms with van der Waals surface area (Å²) in [5.41, 5.74) is 6.35. The van der Waals surface area contributed by atoms with Crippen molar-refractivity contribution in [1.82, 2.24) is 0 Å². The average Bonchev–Trinajstić information content (AvgIpc) is 3.09. The number of rotatable bonds is 8. The standard InChI is InChI=1S/C40H38N2O7S2/c1-25-16-21-37(50(43,44)45)26(2)40(25)42-30-18-20-32-36(24-30)49-35-23-29(41-34-14-8-6-12-28(34)22-27-10-4-3-5-11-27)17-19-31(35)39(32)33-13-7-9-15-38(33)51(46,47)48/h6-9,12-21,23-24,27,41H,3-5,10-11,22H2,1-2H3,(H,43,44,45)(H,46,47,48). The summed E-state index contributed by atoms with van der Waals surface area (Å²) >= 11 is 0. The van der Waals surface area contributed by atoms with Crippen LogP contribution in [0.25, 0.3) is 33.4 Å². The Balaban J connectivity index is 1.40. The van der Waals surface area contributed by atoms with E-state index in [-0.39, 0.29) is 9.79 Å². The molecule has 4 aromatic carbocycles. The first kappa shape index (κ1) is 34.6. The Morgan fingerprint density at radius 2 is 1.49 bits per heavy atom. The largest absolute Gasteiger partial charge is 0.456 e. The van der Waals surface area contributed by atoms with Gasteiger partial charge in [0, 0.05) is 45.6 Å². The molecule has 1 saturated carbocycles. The number of aryl methyl sites for hydroxylation is 1. The van der Waals surface area contributed by atoms with Crippen LogP contribution in [0.5, 0.6) is 0 Å². The Labute approximate surface area is 297 Å². The predicted molar refractivity (Wildman–Crippen MR) is 199 cm³/mol. The van der Waals surface area contributed by atoms with Gasteiger partial charge in [0.25, 0.3) is 20.2 Å². The summed E-state index contributed by atoms with van der Waals surface area (Å²) in [6.45, 7) is 3.38. The van der Waals surface area contributed by atoms with E-state index in [0.29, 0.717) is 61.5 Å². The van der Waals surface area contributed by atoms with E-state index in [1.165, 1.54) is 49.8 Å². The maximum atomic E-state index is 12.6. The molecule has 0 radical (unpaired) electrons. The number of hydrogen-bond donors (Lipinski definition) is 3. The molecule has 1 fully saturated rings. The number of hydrogen-bond acceptors (Lipinski definition) is 7. The van der Waals surface area contributed by atoms with Gasteiger partial charge in [-0.3, -0.25) is 9.11 Å². The van der Waals surface area contributed by atoms with Crippen LogP contribution in [-0.4, -0.2) is 25.9 Å². The molecule has 51 heavy (non-hydrogen) atoms. The molecule has 0 amide bonds. The topological polar surface area (TPSA) is 146 Å². The molecular weight excluding hydrogens is 685 g/mol. The van der Waals surface area contributed by atoms with Crippen molar-refractivity contribution in [3.8, 4) is 22.5 Å². The molecule has 0 spiro atoms. The lowest BCUT2D eigenvalue weighted by molar-refractivity contribution is 0.357. The van der Waals surface area contributed by atoms with Crippen LogP contribution >= 0.6 is 0 Å². The molecule has 0 aromatic heterocycles. The molecule has 7 rings (SSSR count). The molecule has 0 unspecified atom stereocenters. The molecule has 0 bridgehead atoms. The van der Waals surface area contributed by atoms with Gasteiger partial charge in [-0.05, 0) is 85.3 Å². The van der Waals surface area contributed by atoms with Crippen molar-refractivity contribution >= 4 is 48.3 Å². The van der Waals surface area contributed by atoms with Crippen molar-refractivity contribution in [1.29, 1.82) is 0 Å². The van der Waals surface area contributed by atoms with Gasteiger partial charge in [0.2, 0.25) is 0 Å². The molecule has 11 heteroatoms. The lowest BCUT2D eigenvalue weighted by atomic mass is 9.84. The molecule has 1 heterocycles. The zero-order valence-corrected chi connectivity index (χ0v) is 29.9. The van der Waals surface area contributed by atoms with Gasteiger partial charge in [-0.1, -0.05) is 74.6 Å². The Morgan fingerprint density at radius 3 is 2.25 bits per heavy atom. The summed E-state index contributed by atoms with van der Waals surface area (Å²) < 4.78 is 75.8. The SMILES string of the molecule is Cc1ccc(S(=O)(=O)O)c(C)c1N=c1ccc2c(-c3ccccc3S(=O)(=O)O)c3ccc(Nc4ccccc4CC4CCCCC4)cc3oc-2c1. The van der Waals surface area contributed by atoms with Gasteiger partial charge in [0.1, 0.15) is 16.2 Å². The molecule has 3 N–H and O–H groups in total. The Hall–Kier alpha value is -4.81. The van der Waals surface area contributed by atoms with Crippen LogP contribution in [0, 0.1) is 19.8 Å². The highest BCUT2D eigenvalue weighted by Gasteiger charge is 2.24. The summed E-state index contributed by atoms with van der Waals surface area (Å²) in [5.74, 6) is 1.05. The van der Waals surface area contributed by atoms with Gasteiger partial charge in [-0.15, -0.1) is 0 Å². The van der Waals surface area contributed by atoms with Crippen molar-refractivity contribution in [2.45, 2.75) is 62.2 Å². The Kier molecular flexibility index (Phi) is 9.32. The number of para-hydroxylation sites is 1. The zero-order valence-electron chi connectivity index (χ0n) is 28.3. The van der Waals surface area contributed by atoms with E-state index in [1.54, 1.807) is 56.3 Å². The van der Waals surface area contributed by atoms with Crippen molar-refractivity contribution < 1.29 is 30.4 Å². The van der Waals surface area contributed by atoms with E-state index in [4.69, 9.17) is 9.41 Å². The fraction of sp³-hybridized carbons (Fsp3) is 0.225. The lowest BCUT2D eigenvalue weighted by Gasteiger charge is -2.23. The first-order valence-corrected chi connectivity index (χ1v) is 19.8. The summed E-state index contributed by atoms with van der Waals surface area (Å²) in [4.78, 5) is 4.29. The first-order valence-electron chi connectivity index (χ1n) is 16.9. The molecule has 3 aliphatic rings. The summed E-state index contributed by atoms with van der Waals surface area (Å²) in [6.07, 6.45) is 7.33. The third-order valence-electron chi connectivity index (χ3n) is 9.77. The molecule has 2 aliphatic carbocycles. The van der Waals surface area contributed by atoms with E-state index in [2.05, 4.69) is 23.5 Å². The van der Waals surface area contributed by atoms with E-state index in [9.17, 15) is 25.9 Å². The number of fused-ring (bicyclic) bond motifs is 2. The lowest BCUT2D eigenvalue weighted by Crippen LogP contribution is -2.10. The molecule has 9 nitrogen and oxygen atoms in total. The van der Waals surface area contributed by atoms with Crippen molar-refractivity contribution in [3.63, 3.8) is 0 Å². The van der Waals surface area contributed by atoms with E-state index >= 15 is 0 Å². The fourth-order valence-electron chi connectivity index (χ4n) is 7.29. The molecule has 4 aromatic rings. The monoisotopic (exact) mass is 722 g/mol. The highest BCUT2D eigenvalue weighted by Crippen LogP contribution is 2.43. The average molecular weight is 723 g/mol. The van der Waals surface area contributed by atoms with Crippen LogP contribution in [0.2, 0.25) is 0 Å². The van der Waals surface area contributed by atoms with Gasteiger partial charge in [-0.2, -0.15) is 16.8 Å². The Morgan fingerprint density at radius 1 is 0.765 bits per heavy atom. The predicted octanol–water partition coefficient (Wildman–Crippen LogP) is 9.41. The molecule has 262 valence electrons. The second-order valence-electron chi connectivity index (χ2n) is 13.3. The molecule has 1 aliphatic heterocycles. The number of nitrogens with one attached hydrogen (secondary N) is 1. The second-order valence-corrected chi connectivity index (χ2v) is 16.1. The molecular formula is C40H38N2O7S2. The van der Waals surface area contributed by atoms with Crippen molar-refractivity contribution in [2.24, 2.45) is 10.9 Å². The van der Waals surface area contributed by atoms with Crippen molar-refractivity contribution in [2.75, 3.05) is 5.32 Å². The van der Waals surface area contributed by atoms with Crippen LogP contribution < -0.4 is 10.7 Å². The fourth-order valence-corrected chi connectivity index (χ4v) is 8.71. The maximum Gasteiger partial charge on any atom is 0.295 e. The highest BCUT2D eigenvalue weighted by atomic mass is 32.2. The van der Waals surface area contributed by atoms with Crippen molar-refractivity contribution in [3.05, 3.63) is 119 Å². The molecule has 0 saturated heterocycles. The van der Waals surface area contributed by atoms with Crippen LogP contribution in [0.1, 0.15) is 48.8 Å². The minimum absolute atomic E-state index is 0.229. The summed E-state index contributed by atoms with van der Waals surface area (Å²) in [5, 5.41) is 4.67. The molecule has 0 atom stereocenters. The van der Waals surface area contributed by atoms with Crippen LogP contribution in [0.15, 0.2) is 116 Å². The minimum atomic E-state index is -4.59. The highest BCUT2D eigenvalue weighted by molar-refractivity contribution is 7.86. The first-order chi connectivity index (χ1) is 24.4. The third kappa shape index (κ3) is 7.20. The van der Waals surface area contributed by atoms with Gasteiger partial charge in [0.05, 0.1) is 15.9 Å². The van der Waals surface area contributed by atoms with Crippen LogP contribution in [0.3, 0.4) is 0 Å². The van der Waals surface area contributed by atoms with Crippen LogP contribution in [-0.2, 0) is 26.7 Å². The smallest absolute Gasteiger partial charge is 0.295 e. The van der Waals surface area contributed by atoms with Gasteiger partial charge in [0.15, 0.2) is 0 Å². The Bertz CT molecular complexity index is 2550. The zero-order chi connectivity index (χ0) is 35.9. The van der Waals surface area contributed by atoms with E-state index < -0.39 is 20.2 Å². The second kappa shape index (κ2) is 13.7. The van der Waals surface area contributed by atoms with Gasteiger partial charge >= 0.3 is 0 Å². The quantitative estimate of drug-likeness (QED) is 0.104. The van der Waals surface area contributed by atoms with E-state index in [1.807, 2.05) is 24.3 Å². The van der Waals surface area contributed by atoms with Gasteiger partial charge < -0.3 is 9.73 Å². The normalized spacial score (nSPS) is 14.7. The van der Waals surface area contributed by atoms with Crippen LogP contribution in [0.4, 0.5) is 17.1 Å². The summed E-state index contributed by atoms with van der Waals surface area (Å²) in [7, 11) is -9.06. The van der Waals surface area contributed by atoms with Gasteiger partial charge in [-0.25, -0.2) is 4.99 Å². The number of nitrogens with zero attached hydrogens (tertiary/aromatic N) is 1.